The molecule has 1 aliphatic heterocycles. The van der Waals surface area contributed by atoms with Gasteiger partial charge in [0.15, 0.2) is 0 Å². The summed E-state index contributed by atoms with van der Waals surface area (Å²) in [5, 5.41) is 13.8. The zero-order chi connectivity index (χ0) is 22.9. The van der Waals surface area contributed by atoms with Crippen LogP contribution in [-0.4, -0.2) is 48.1 Å². The number of carbonyl (C=O) groups is 1. The molecule has 3 aromatic rings. The van der Waals surface area contributed by atoms with E-state index in [1.54, 1.807) is 24.3 Å². The smallest absolute Gasteiger partial charge is 0.276 e. The van der Waals surface area contributed by atoms with Crippen molar-refractivity contribution in [2.45, 2.75) is 18.9 Å². The van der Waals surface area contributed by atoms with Gasteiger partial charge in [0, 0.05) is 36.3 Å². The van der Waals surface area contributed by atoms with Gasteiger partial charge in [-0.25, -0.2) is 9.82 Å². The van der Waals surface area contributed by atoms with Crippen LogP contribution >= 0.6 is 12.4 Å². The minimum absolute atomic E-state index is 0. The van der Waals surface area contributed by atoms with Gasteiger partial charge < -0.3 is 19.3 Å². The lowest BCUT2D eigenvalue weighted by Gasteiger charge is -2.29. The summed E-state index contributed by atoms with van der Waals surface area (Å²) in [4.78, 5) is 27.8. The Labute approximate surface area is 201 Å². The summed E-state index contributed by atoms with van der Waals surface area (Å²) in [6.07, 6.45) is 4.68. The number of nitrogens with one attached hydrogen (secondary N) is 1. The maximum absolute atomic E-state index is 15.0. The lowest BCUT2D eigenvalue weighted by Crippen LogP contribution is -2.37. The van der Waals surface area contributed by atoms with Crippen LogP contribution in [0.2, 0.25) is 0 Å². The van der Waals surface area contributed by atoms with Crippen molar-refractivity contribution in [3.8, 4) is 5.75 Å². The van der Waals surface area contributed by atoms with E-state index in [0.29, 0.717) is 43.1 Å². The molecule has 8 nitrogen and oxygen atoms in total. The summed E-state index contributed by atoms with van der Waals surface area (Å²) < 4.78 is 22.3. The Balaban J connectivity index is 0.00000274. The molecular weight excluding hydrogens is 463 g/mol. The van der Waals surface area contributed by atoms with Crippen LogP contribution in [0.1, 0.15) is 34.8 Å². The molecule has 0 atom stereocenters. The third kappa shape index (κ3) is 4.62. The summed E-state index contributed by atoms with van der Waals surface area (Å²) in [6, 6.07) is 9.62. The average molecular weight is 487 g/mol. The number of halogens is 2. The van der Waals surface area contributed by atoms with Crippen LogP contribution in [-0.2, 0) is 4.74 Å². The van der Waals surface area contributed by atoms with E-state index in [-0.39, 0.29) is 35.1 Å². The van der Waals surface area contributed by atoms with Crippen LogP contribution in [0.3, 0.4) is 0 Å². The molecule has 2 N–H and O–H groups in total. The molecular formula is C24H24ClFN4O4. The van der Waals surface area contributed by atoms with Gasteiger partial charge in [-0.3, -0.25) is 9.59 Å². The molecule has 34 heavy (non-hydrogen) atoms. The van der Waals surface area contributed by atoms with Crippen LogP contribution in [0, 0.1) is 5.82 Å². The Bertz CT molecular complexity index is 1320. The van der Waals surface area contributed by atoms with Crippen LogP contribution in [0.25, 0.3) is 10.9 Å². The standard InChI is InChI=1S/C24H23FN4O4.ClH/c25-19-11-17-20(12-21(19)28-7-9-33-10-8-28)29(16-5-6-16)14-18(23(17)31)24(32)27-26-13-15-3-1-2-4-22(15)30;/h1-4,11-14,16,30H,5-10H2,(H,27,32);1H/b26-13-;. The molecule has 1 amide bonds. The number of carbonyl (C=O) groups excluding carboxylic acids is 1. The Morgan fingerprint density at radius 3 is 2.65 bits per heavy atom. The number of aromatic hydroxyl groups is 1. The number of para-hydroxylation sites is 1. The second kappa shape index (κ2) is 9.82. The number of hydrogen-bond acceptors (Lipinski definition) is 6. The molecule has 178 valence electrons. The number of phenols is 1. The first kappa shape index (κ1) is 23.7. The van der Waals surface area contributed by atoms with E-state index in [2.05, 4.69) is 10.5 Å². The Hall–Kier alpha value is -3.43. The van der Waals surface area contributed by atoms with E-state index in [1.165, 1.54) is 24.5 Å². The predicted octanol–water partition coefficient (Wildman–Crippen LogP) is 3.20. The predicted molar refractivity (Wildman–Crippen MR) is 130 cm³/mol. The number of benzene rings is 2. The van der Waals surface area contributed by atoms with Crippen LogP contribution in [0.5, 0.6) is 5.75 Å². The summed E-state index contributed by atoms with van der Waals surface area (Å²) in [5.74, 6) is -1.18. The van der Waals surface area contributed by atoms with Crippen LogP contribution in [0.15, 0.2) is 52.5 Å². The second-order valence-corrected chi connectivity index (χ2v) is 8.19. The van der Waals surface area contributed by atoms with Crippen molar-refractivity contribution in [2.75, 3.05) is 31.2 Å². The fourth-order valence-electron chi connectivity index (χ4n) is 4.04. The van der Waals surface area contributed by atoms with Gasteiger partial charge in [0.1, 0.15) is 17.1 Å². The summed E-state index contributed by atoms with van der Waals surface area (Å²) >= 11 is 0. The molecule has 2 heterocycles. The third-order valence-corrected chi connectivity index (χ3v) is 5.94. The number of morpholine rings is 1. The fourth-order valence-corrected chi connectivity index (χ4v) is 4.04. The van der Waals surface area contributed by atoms with Gasteiger partial charge in [0.05, 0.1) is 30.6 Å². The summed E-state index contributed by atoms with van der Waals surface area (Å²) in [7, 11) is 0. The van der Waals surface area contributed by atoms with Crippen molar-refractivity contribution in [3.05, 3.63) is 69.8 Å². The highest BCUT2D eigenvalue weighted by Gasteiger charge is 2.28. The number of fused-ring (bicyclic) bond motifs is 1. The number of phenolic OH excluding ortho intramolecular Hbond substituents is 1. The van der Waals surface area contributed by atoms with E-state index in [4.69, 9.17) is 4.74 Å². The van der Waals surface area contributed by atoms with Gasteiger partial charge in [-0.1, -0.05) is 12.1 Å². The number of aromatic nitrogens is 1. The monoisotopic (exact) mass is 486 g/mol. The number of hydrogen-bond donors (Lipinski definition) is 2. The molecule has 5 rings (SSSR count). The number of anilines is 1. The van der Waals surface area contributed by atoms with Crippen LogP contribution < -0.4 is 15.8 Å². The lowest BCUT2D eigenvalue weighted by molar-refractivity contribution is 0.0953. The van der Waals surface area contributed by atoms with Crippen molar-refractivity contribution in [1.82, 2.24) is 9.99 Å². The van der Waals surface area contributed by atoms with Gasteiger partial charge in [-0.05, 0) is 37.1 Å². The zero-order valence-corrected chi connectivity index (χ0v) is 19.1. The largest absolute Gasteiger partial charge is 0.507 e. The molecule has 0 radical (unpaired) electrons. The number of amides is 1. The van der Waals surface area contributed by atoms with E-state index < -0.39 is 17.2 Å². The van der Waals surface area contributed by atoms with Gasteiger partial charge in [0.25, 0.3) is 5.91 Å². The highest BCUT2D eigenvalue weighted by molar-refractivity contribution is 5.98. The van der Waals surface area contributed by atoms with Gasteiger partial charge >= 0.3 is 0 Å². The molecule has 2 fully saturated rings. The molecule has 10 heteroatoms. The number of rotatable bonds is 5. The van der Waals surface area contributed by atoms with Crippen molar-refractivity contribution >= 4 is 41.1 Å². The molecule has 0 bridgehead atoms. The van der Waals surface area contributed by atoms with E-state index >= 15 is 4.39 Å². The molecule has 2 aliphatic rings. The van der Waals surface area contributed by atoms with Crippen molar-refractivity contribution in [2.24, 2.45) is 5.10 Å². The number of nitrogens with zero attached hydrogens (tertiary/aromatic N) is 3. The second-order valence-electron chi connectivity index (χ2n) is 8.19. The number of hydrazone groups is 1. The molecule has 1 aliphatic carbocycles. The van der Waals surface area contributed by atoms with E-state index in [0.717, 1.165) is 12.8 Å². The number of ether oxygens (including phenoxy) is 1. The SMILES string of the molecule is Cl.O=C(N/N=C\c1ccccc1O)c1cn(C2CC2)c2cc(N3CCOCC3)c(F)cc2c1=O. The Kier molecular flexibility index (Phi) is 6.85. The molecule has 0 spiro atoms. The minimum Gasteiger partial charge on any atom is -0.507 e. The zero-order valence-electron chi connectivity index (χ0n) is 18.2. The maximum atomic E-state index is 15.0. The first-order valence-electron chi connectivity index (χ1n) is 10.9. The third-order valence-electron chi connectivity index (χ3n) is 5.94. The van der Waals surface area contributed by atoms with Gasteiger partial charge in [0.2, 0.25) is 5.43 Å². The average Bonchev–Trinajstić information content (AvgIpc) is 3.66. The van der Waals surface area contributed by atoms with Crippen molar-refractivity contribution in [3.63, 3.8) is 0 Å². The molecule has 0 unspecified atom stereocenters. The maximum Gasteiger partial charge on any atom is 0.276 e. The summed E-state index contributed by atoms with van der Waals surface area (Å²) in [6.45, 7) is 2.19. The Morgan fingerprint density at radius 2 is 1.94 bits per heavy atom. The normalized spacial score (nSPS) is 16.0. The quantitative estimate of drug-likeness (QED) is 0.426. The van der Waals surface area contributed by atoms with Gasteiger partial charge in [-0.2, -0.15) is 5.10 Å². The van der Waals surface area contributed by atoms with Crippen molar-refractivity contribution in [1.29, 1.82) is 0 Å². The van der Waals surface area contributed by atoms with E-state index in [9.17, 15) is 14.7 Å². The first-order chi connectivity index (χ1) is 16.0. The molecule has 2 aromatic carbocycles. The Morgan fingerprint density at radius 1 is 1.21 bits per heavy atom. The minimum atomic E-state index is -0.694. The highest BCUT2D eigenvalue weighted by atomic mass is 35.5. The molecule has 1 saturated carbocycles. The topological polar surface area (TPSA) is 96.2 Å². The highest BCUT2D eigenvalue weighted by Crippen LogP contribution is 2.38. The van der Waals surface area contributed by atoms with E-state index in [1.807, 2.05) is 9.47 Å². The molecule has 1 saturated heterocycles. The fraction of sp³-hybridized carbons (Fsp3) is 0.292. The lowest BCUT2D eigenvalue weighted by atomic mass is 10.1. The summed E-state index contributed by atoms with van der Waals surface area (Å²) in [5.41, 5.74) is 3.14. The number of pyridine rings is 1. The first-order valence-corrected chi connectivity index (χ1v) is 10.9. The van der Waals surface area contributed by atoms with Gasteiger partial charge in [-0.15, -0.1) is 12.4 Å². The van der Waals surface area contributed by atoms with Crippen LogP contribution in [0.4, 0.5) is 10.1 Å². The van der Waals surface area contributed by atoms with Crippen molar-refractivity contribution < 1.29 is 19.0 Å². The molecule has 1 aromatic heterocycles.